The van der Waals surface area contributed by atoms with E-state index in [9.17, 15) is 0 Å². The smallest absolute Gasteiger partial charge is 0.114 e. The van der Waals surface area contributed by atoms with Crippen LogP contribution in [0.2, 0.25) is 0 Å². The summed E-state index contributed by atoms with van der Waals surface area (Å²) in [6, 6.07) is 15.6. The number of rotatable bonds is 4. The van der Waals surface area contributed by atoms with E-state index in [4.69, 9.17) is 5.26 Å². The Kier molecular flexibility index (Phi) is 3.74. The molecule has 0 unspecified atom stereocenters. The zero-order valence-electron chi connectivity index (χ0n) is 11.5. The second kappa shape index (κ2) is 6.02. The summed E-state index contributed by atoms with van der Waals surface area (Å²) in [4.78, 5) is 8.75. The third-order valence-corrected chi connectivity index (χ3v) is 3.30. The van der Waals surface area contributed by atoms with E-state index in [0.29, 0.717) is 12.0 Å². The highest BCUT2D eigenvalue weighted by Gasteiger charge is 2.05. The number of hydrogen-bond acceptors (Lipinski definition) is 3. The van der Waals surface area contributed by atoms with Crippen LogP contribution in [0.5, 0.6) is 0 Å². The Morgan fingerprint density at radius 2 is 1.86 bits per heavy atom. The van der Waals surface area contributed by atoms with Gasteiger partial charge in [0.15, 0.2) is 0 Å². The predicted molar refractivity (Wildman–Crippen MR) is 79.5 cm³/mol. The minimum atomic E-state index is 0.679. The predicted octanol–water partition coefficient (Wildman–Crippen LogP) is 2.79. The molecule has 1 aromatic carbocycles. The fourth-order valence-corrected chi connectivity index (χ4v) is 2.20. The fourth-order valence-electron chi connectivity index (χ4n) is 2.20. The molecule has 0 aliphatic heterocycles. The van der Waals surface area contributed by atoms with E-state index in [1.807, 2.05) is 54.9 Å². The average Bonchev–Trinajstić information content (AvgIpc) is 2.96. The molecule has 21 heavy (non-hydrogen) atoms. The quantitative estimate of drug-likeness (QED) is 0.735. The van der Waals surface area contributed by atoms with Crippen LogP contribution in [0.15, 0.2) is 61.1 Å². The van der Waals surface area contributed by atoms with Gasteiger partial charge in [-0.25, -0.2) is 4.98 Å². The van der Waals surface area contributed by atoms with Crippen LogP contribution >= 0.6 is 0 Å². The molecule has 0 spiro atoms. The van der Waals surface area contributed by atoms with E-state index < -0.39 is 0 Å². The van der Waals surface area contributed by atoms with Crippen LogP contribution in [0.25, 0.3) is 0 Å². The van der Waals surface area contributed by atoms with E-state index in [0.717, 1.165) is 23.6 Å². The molecular formula is C17H14N4. The molecule has 0 N–H and O–H groups in total. The van der Waals surface area contributed by atoms with Crippen molar-refractivity contribution in [1.82, 2.24) is 14.5 Å². The van der Waals surface area contributed by atoms with Gasteiger partial charge in [0, 0.05) is 37.3 Å². The van der Waals surface area contributed by atoms with E-state index >= 15 is 0 Å². The minimum absolute atomic E-state index is 0.679. The summed E-state index contributed by atoms with van der Waals surface area (Å²) in [5, 5.41) is 8.82. The monoisotopic (exact) mass is 274 g/mol. The first kappa shape index (κ1) is 13.1. The highest BCUT2D eigenvalue weighted by molar-refractivity contribution is 5.31. The molecule has 102 valence electrons. The molecule has 0 atom stereocenters. The molecule has 0 saturated carbocycles. The van der Waals surface area contributed by atoms with Gasteiger partial charge in [-0.3, -0.25) is 4.98 Å². The van der Waals surface area contributed by atoms with Gasteiger partial charge in [-0.15, -0.1) is 0 Å². The summed E-state index contributed by atoms with van der Waals surface area (Å²) < 4.78 is 2.11. The maximum atomic E-state index is 8.82. The lowest BCUT2D eigenvalue weighted by Gasteiger charge is -2.08. The van der Waals surface area contributed by atoms with Crippen molar-refractivity contribution in [2.75, 3.05) is 0 Å². The highest BCUT2D eigenvalue weighted by atomic mass is 15.1. The van der Waals surface area contributed by atoms with Crippen molar-refractivity contribution in [2.24, 2.45) is 0 Å². The third kappa shape index (κ3) is 3.15. The lowest BCUT2D eigenvalue weighted by molar-refractivity contribution is 0.735. The number of hydrogen-bond donors (Lipinski definition) is 0. The Morgan fingerprint density at radius 1 is 1.00 bits per heavy atom. The maximum Gasteiger partial charge on any atom is 0.114 e. The molecular weight excluding hydrogens is 260 g/mol. The second-order valence-electron chi connectivity index (χ2n) is 4.78. The number of benzene rings is 1. The minimum Gasteiger partial charge on any atom is -0.330 e. The molecule has 2 aromatic heterocycles. The lowest BCUT2D eigenvalue weighted by atomic mass is 10.1. The number of imidazole rings is 1. The van der Waals surface area contributed by atoms with Gasteiger partial charge in [0.25, 0.3) is 0 Å². The van der Waals surface area contributed by atoms with E-state index in [-0.39, 0.29) is 0 Å². The van der Waals surface area contributed by atoms with Crippen molar-refractivity contribution in [3.63, 3.8) is 0 Å². The number of nitrogens with zero attached hydrogens (tertiary/aromatic N) is 4. The molecule has 0 bridgehead atoms. The van der Waals surface area contributed by atoms with E-state index in [2.05, 4.69) is 20.6 Å². The van der Waals surface area contributed by atoms with Crippen LogP contribution < -0.4 is 0 Å². The SMILES string of the molecule is N#Cc1ccc(Cn2ccnc2Cc2ccccn2)cc1. The number of aromatic nitrogens is 3. The summed E-state index contributed by atoms with van der Waals surface area (Å²) >= 11 is 0. The molecule has 3 rings (SSSR count). The Hall–Kier alpha value is -2.93. The number of pyridine rings is 1. The van der Waals surface area contributed by atoms with Crippen LogP contribution in [0.1, 0.15) is 22.6 Å². The summed E-state index contributed by atoms with van der Waals surface area (Å²) in [5.41, 5.74) is 2.83. The molecule has 0 fully saturated rings. The Bertz CT molecular complexity index is 751. The van der Waals surface area contributed by atoms with Gasteiger partial charge in [-0.1, -0.05) is 18.2 Å². The van der Waals surface area contributed by atoms with E-state index in [1.54, 1.807) is 6.20 Å². The van der Waals surface area contributed by atoms with Crippen LogP contribution in [-0.4, -0.2) is 14.5 Å². The summed E-state index contributed by atoms with van der Waals surface area (Å²) in [5.74, 6) is 0.984. The first-order chi connectivity index (χ1) is 10.3. The van der Waals surface area contributed by atoms with Crippen molar-refractivity contribution in [1.29, 1.82) is 5.26 Å². The number of nitriles is 1. The van der Waals surface area contributed by atoms with Gasteiger partial charge in [0.2, 0.25) is 0 Å². The van der Waals surface area contributed by atoms with E-state index in [1.165, 1.54) is 0 Å². The first-order valence-electron chi connectivity index (χ1n) is 6.74. The summed E-state index contributed by atoms with van der Waals surface area (Å²) in [6.07, 6.45) is 6.28. The fraction of sp³-hybridized carbons (Fsp3) is 0.118. The van der Waals surface area contributed by atoms with Gasteiger partial charge in [0.05, 0.1) is 11.6 Å². The zero-order chi connectivity index (χ0) is 14.5. The molecule has 3 aromatic rings. The van der Waals surface area contributed by atoms with Crippen LogP contribution in [0.4, 0.5) is 0 Å². The molecule has 0 aliphatic rings. The van der Waals surface area contributed by atoms with Gasteiger partial charge < -0.3 is 4.57 Å². The van der Waals surface area contributed by atoms with Gasteiger partial charge in [-0.05, 0) is 29.8 Å². The standard InChI is InChI=1S/C17H14N4/c18-12-14-4-6-15(7-5-14)13-21-10-9-20-17(21)11-16-3-1-2-8-19-16/h1-10H,11,13H2. The van der Waals surface area contributed by atoms with Crippen LogP contribution in [0.3, 0.4) is 0 Å². The maximum absolute atomic E-state index is 8.82. The summed E-state index contributed by atoms with van der Waals surface area (Å²) in [7, 11) is 0. The average molecular weight is 274 g/mol. The molecule has 0 aliphatic carbocycles. The van der Waals surface area contributed by atoms with Crippen LogP contribution in [-0.2, 0) is 13.0 Å². The molecule has 0 radical (unpaired) electrons. The van der Waals surface area contributed by atoms with Crippen molar-refractivity contribution in [3.05, 3.63) is 83.7 Å². The largest absolute Gasteiger partial charge is 0.330 e. The normalized spacial score (nSPS) is 10.2. The van der Waals surface area contributed by atoms with Crippen molar-refractivity contribution < 1.29 is 0 Å². The van der Waals surface area contributed by atoms with Gasteiger partial charge in [0.1, 0.15) is 5.82 Å². The molecule has 4 nitrogen and oxygen atoms in total. The van der Waals surface area contributed by atoms with Crippen molar-refractivity contribution in [3.8, 4) is 6.07 Å². The first-order valence-corrected chi connectivity index (χ1v) is 6.74. The topological polar surface area (TPSA) is 54.5 Å². The Labute approximate surface area is 123 Å². The Balaban J connectivity index is 1.77. The molecule has 4 heteroatoms. The molecule has 0 saturated heterocycles. The zero-order valence-corrected chi connectivity index (χ0v) is 11.5. The lowest BCUT2D eigenvalue weighted by Crippen LogP contribution is -2.05. The second-order valence-corrected chi connectivity index (χ2v) is 4.78. The van der Waals surface area contributed by atoms with Crippen molar-refractivity contribution in [2.45, 2.75) is 13.0 Å². The van der Waals surface area contributed by atoms with Gasteiger partial charge >= 0.3 is 0 Å². The van der Waals surface area contributed by atoms with Crippen LogP contribution in [0, 0.1) is 11.3 Å². The Morgan fingerprint density at radius 3 is 2.57 bits per heavy atom. The molecule has 0 amide bonds. The highest BCUT2D eigenvalue weighted by Crippen LogP contribution is 2.10. The molecule has 2 heterocycles. The summed E-state index contributed by atoms with van der Waals surface area (Å²) in [6.45, 7) is 0.744. The van der Waals surface area contributed by atoms with Crippen molar-refractivity contribution >= 4 is 0 Å². The third-order valence-electron chi connectivity index (χ3n) is 3.30. The van der Waals surface area contributed by atoms with Gasteiger partial charge in [-0.2, -0.15) is 5.26 Å².